The van der Waals surface area contributed by atoms with Gasteiger partial charge in [0.05, 0.1) is 17.1 Å². The van der Waals surface area contributed by atoms with Gasteiger partial charge in [-0.1, -0.05) is 49.7 Å². The molecule has 0 fully saturated rings. The molecule has 0 bridgehead atoms. The van der Waals surface area contributed by atoms with Gasteiger partial charge in [-0.3, -0.25) is 9.10 Å². The Morgan fingerprint density at radius 3 is 2.34 bits per heavy atom. The van der Waals surface area contributed by atoms with Crippen molar-refractivity contribution in [2.45, 2.75) is 30.8 Å². The van der Waals surface area contributed by atoms with Crippen LogP contribution in [0.3, 0.4) is 0 Å². The Bertz CT molecular complexity index is 1230. The van der Waals surface area contributed by atoms with Crippen molar-refractivity contribution in [3.8, 4) is 5.75 Å². The SMILES string of the molecule is CC(C)c1ccc(NC(=O)[C@H]2CN(S(=O)(=O)c3ccc(Cl)cc3)c3ccccc3O2)cc1. The van der Waals surface area contributed by atoms with E-state index in [4.69, 9.17) is 16.3 Å². The van der Waals surface area contributed by atoms with Crippen molar-refractivity contribution in [2.75, 3.05) is 16.2 Å². The minimum absolute atomic E-state index is 0.0852. The highest BCUT2D eigenvalue weighted by atomic mass is 35.5. The average molecular weight is 471 g/mol. The first-order chi connectivity index (χ1) is 15.3. The molecule has 166 valence electrons. The number of sulfonamides is 1. The second kappa shape index (κ2) is 8.84. The largest absolute Gasteiger partial charge is 0.476 e. The van der Waals surface area contributed by atoms with Crippen LogP contribution in [0.5, 0.6) is 5.75 Å². The summed E-state index contributed by atoms with van der Waals surface area (Å²) in [4.78, 5) is 13.1. The van der Waals surface area contributed by atoms with Crippen LogP contribution >= 0.6 is 11.6 Å². The van der Waals surface area contributed by atoms with Gasteiger partial charge in [0.15, 0.2) is 6.10 Å². The number of amides is 1. The molecule has 3 aromatic carbocycles. The minimum atomic E-state index is -3.93. The fourth-order valence-electron chi connectivity index (χ4n) is 3.47. The third kappa shape index (κ3) is 4.45. The molecule has 4 rings (SSSR count). The van der Waals surface area contributed by atoms with Crippen LogP contribution in [-0.2, 0) is 14.8 Å². The lowest BCUT2D eigenvalue weighted by atomic mass is 10.0. The molecule has 32 heavy (non-hydrogen) atoms. The molecule has 1 aliphatic heterocycles. The molecule has 0 spiro atoms. The van der Waals surface area contributed by atoms with Crippen LogP contribution < -0.4 is 14.4 Å². The van der Waals surface area contributed by atoms with Gasteiger partial charge in [-0.25, -0.2) is 8.42 Å². The van der Waals surface area contributed by atoms with Gasteiger partial charge in [0.2, 0.25) is 0 Å². The summed E-state index contributed by atoms with van der Waals surface area (Å²) in [5, 5.41) is 3.26. The normalized spacial score (nSPS) is 15.8. The highest BCUT2D eigenvalue weighted by molar-refractivity contribution is 7.92. The number of para-hydroxylation sites is 2. The lowest BCUT2D eigenvalue weighted by Gasteiger charge is -2.34. The summed E-state index contributed by atoms with van der Waals surface area (Å²) in [5.41, 5.74) is 2.16. The van der Waals surface area contributed by atoms with Gasteiger partial charge in [-0.15, -0.1) is 0 Å². The summed E-state index contributed by atoms with van der Waals surface area (Å²) < 4.78 is 33.8. The average Bonchev–Trinajstić information content (AvgIpc) is 2.79. The Morgan fingerprint density at radius 2 is 1.69 bits per heavy atom. The molecule has 0 unspecified atom stereocenters. The molecule has 0 radical (unpaired) electrons. The number of carbonyl (C=O) groups is 1. The molecule has 0 aromatic heterocycles. The maximum atomic E-state index is 13.4. The second-order valence-electron chi connectivity index (χ2n) is 7.83. The molecule has 1 amide bonds. The van der Waals surface area contributed by atoms with Crippen molar-refractivity contribution in [1.29, 1.82) is 0 Å². The number of carbonyl (C=O) groups excluding carboxylic acids is 1. The Balaban J connectivity index is 1.62. The number of benzene rings is 3. The van der Waals surface area contributed by atoms with E-state index in [1.165, 1.54) is 28.6 Å². The van der Waals surface area contributed by atoms with Crippen molar-refractivity contribution in [3.63, 3.8) is 0 Å². The van der Waals surface area contributed by atoms with Gasteiger partial charge < -0.3 is 10.1 Å². The van der Waals surface area contributed by atoms with Crippen molar-refractivity contribution in [3.05, 3.63) is 83.4 Å². The second-order valence-corrected chi connectivity index (χ2v) is 10.1. The highest BCUT2D eigenvalue weighted by Crippen LogP contribution is 2.37. The van der Waals surface area contributed by atoms with Crippen LogP contribution in [0.2, 0.25) is 5.02 Å². The van der Waals surface area contributed by atoms with Crippen molar-refractivity contribution in [2.24, 2.45) is 0 Å². The van der Waals surface area contributed by atoms with Gasteiger partial charge in [-0.05, 0) is 60.0 Å². The number of hydrogen-bond donors (Lipinski definition) is 1. The Labute approximate surface area is 192 Å². The minimum Gasteiger partial charge on any atom is -0.476 e. The smallest absolute Gasteiger partial charge is 0.267 e. The fourth-order valence-corrected chi connectivity index (χ4v) is 5.08. The summed E-state index contributed by atoms with van der Waals surface area (Å²) in [6, 6.07) is 20.2. The van der Waals surface area contributed by atoms with E-state index < -0.39 is 22.0 Å². The topological polar surface area (TPSA) is 75.7 Å². The maximum Gasteiger partial charge on any atom is 0.267 e. The number of hydrogen-bond acceptors (Lipinski definition) is 4. The van der Waals surface area contributed by atoms with Crippen molar-refractivity contribution in [1.82, 2.24) is 0 Å². The van der Waals surface area contributed by atoms with Gasteiger partial charge in [0.1, 0.15) is 5.75 Å². The highest BCUT2D eigenvalue weighted by Gasteiger charge is 2.37. The predicted molar refractivity (Wildman–Crippen MR) is 126 cm³/mol. The first-order valence-electron chi connectivity index (χ1n) is 10.2. The van der Waals surface area contributed by atoms with Crippen LogP contribution in [0.15, 0.2) is 77.7 Å². The Morgan fingerprint density at radius 1 is 1.03 bits per heavy atom. The Kier molecular flexibility index (Phi) is 6.13. The molecular formula is C24H23ClN2O4S. The quantitative estimate of drug-likeness (QED) is 0.565. The third-order valence-corrected chi connectivity index (χ3v) is 7.32. The zero-order valence-corrected chi connectivity index (χ0v) is 19.2. The van der Waals surface area contributed by atoms with E-state index in [9.17, 15) is 13.2 Å². The summed E-state index contributed by atoms with van der Waals surface area (Å²) in [7, 11) is -3.93. The zero-order chi connectivity index (χ0) is 22.9. The van der Waals surface area contributed by atoms with Crippen LogP contribution in [0, 0.1) is 0 Å². The van der Waals surface area contributed by atoms with Gasteiger partial charge in [0, 0.05) is 10.7 Å². The number of halogens is 1. The Hall–Kier alpha value is -3.03. The van der Waals surface area contributed by atoms with E-state index >= 15 is 0 Å². The first-order valence-corrected chi connectivity index (χ1v) is 12.0. The monoisotopic (exact) mass is 470 g/mol. The summed E-state index contributed by atoms with van der Waals surface area (Å²) >= 11 is 5.92. The number of anilines is 2. The lowest BCUT2D eigenvalue weighted by molar-refractivity contribution is -0.122. The first kappa shape index (κ1) is 22.2. The van der Waals surface area contributed by atoms with Gasteiger partial charge in [0.25, 0.3) is 15.9 Å². The van der Waals surface area contributed by atoms with Crippen molar-refractivity contribution >= 4 is 38.9 Å². The number of fused-ring (bicyclic) bond motifs is 1. The van der Waals surface area contributed by atoms with Gasteiger partial charge in [-0.2, -0.15) is 0 Å². The molecule has 1 aliphatic rings. The van der Waals surface area contributed by atoms with E-state index in [0.29, 0.717) is 28.1 Å². The van der Waals surface area contributed by atoms with E-state index in [1.54, 1.807) is 24.3 Å². The molecule has 0 saturated heterocycles. The van der Waals surface area contributed by atoms with Crippen LogP contribution in [0.4, 0.5) is 11.4 Å². The molecule has 1 heterocycles. The van der Waals surface area contributed by atoms with Crippen LogP contribution in [0.1, 0.15) is 25.3 Å². The van der Waals surface area contributed by atoms with Crippen molar-refractivity contribution < 1.29 is 17.9 Å². The van der Waals surface area contributed by atoms with E-state index in [-0.39, 0.29) is 11.4 Å². The molecule has 3 aromatic rings. The van der Waals surface area contributed by atoms with E-state index in [0.717, 1.165) is 5.56 Å². The molecule has 1 atom stereocenters. The van der Waals surface area contributed by atoms with E-state index in [2.05, 4.69) is 19.2 Å². The fraction of sp³-hybridized carbons (Fsp3) is 0.208. The molecular weight excluding hydrogens is 448 g/mol. The molecule has 0 saturated carbocycles. The summed E-state index contributed by atoms with van der Waals surface area (Å²) in [6.07, 6.45) is -1.02. The van der Waals surface area contributed by atoms with Crippen LogP contribution in [0.25, 0.3) is 0 Å². The molecule has 6 nitrogen and oxygen atoms in total. The molecule has 8 heteroatoms. The zero-order valence-electron chi connectivity index (χ0n) is 17.7. The third-order valence-electron chi connectivity index (χ3n) is 5.27. The summed E-state index contributed by atoms with van der Waals surface area (Å²) in [5.74, 6) is 0.282. The predicted octanol–water partition coefficient (Wildman–Crippen LogP) is 5.06. The summed E-state index contributed by atoms with van der Waals surface area (Å²) in [6.45, 7) is 4.03. The number of rotatable bonds is 5. The molecule has 0 aliphatic carbocycles. The van der Waals surface area contributed by atoms with Crippen LogP contribution in [-0.4, -0.2) is 27.0 Å². The number of ether oxygens (including phenoxy) is 1. The lowest BCUT2D eigenvalue weighted by Crippen LogP contribution is -2.48. The maximum absolute atomic E-state index is 13.4. The standard InChI is InChI=1S/C24H23ClN2O4S/c1-16(2)17-7-11-19(12-8-17)26-24(28)23-15-27(21-5-3-4-6-22(21)31-23)32(29,30)20-13-9-18(25)10-14-20/h3-14,16,23H,15H2,1-2H3,(H,26,28)/t23-/m1/s1. The number of nitrogens with one attached hydrogen (secondary N) is 1. The van der Waals surface area contributed by atoms with Gasteiger partial charge >= 0.3 is 0 Å². The molecule has 1 N–H and O–H groups in total. The van der Waals surface area contributed by atoms with E-state index in [1.807, 2.05) is 24.3 Å². The number of nitrogens with zero attached hydrogens (tertiary/aromatic N) is 1.